The minimum Gasteiger partial charge on any atom is -0.462 e. The van der Waals surface area contributed by atoms with Gasteiger partial charge in [-0.1, -0.05) is 18.2 Å². The van der Waals surface area contributed by atoms with E-state index in [-0.39, 0.29) is 0 Å². The minimum absolute atomic E-state index is 0.764. The molecule has 5 rings (SSSR count). The van der Waals surface area contributed by atoms with E-state index >= 15 is 0 Å². The molecule has 0 aliphatic rings. The zero-order valence-corrected chi connectivity index (χ0v) is 14.0. The first-order valence-corrected chi connectivity index (χ1v) is 8.25. The number of fused-ring (bicyclic) bond motifs is 1. The van der Waals surface area contributed by atoms with Crippen LogP contribution in [-0.2, 0) is 7.05 Å². The second-order valence-corrected chi connectivity index (χ2v) is 6.15. The summed E-state index contributed by atoms with van der Waals surface area (Å²) in [6.07, 6.45) is 7.27. The van der Waals surface area contributed by atoms with E-state index in [4.69, 9.17) is 9.40 Å². The number of H-pyrrole nitrogens is 1. The second kappa shape index (κ2) is 5.70. The van der Waals surface area contributed by atoms with E-state index in [1.807, 2.05) is 49.8 Å². The van der Waals surface area contributed by atoms with Crippen LogP contribution in [-0.4, -0.2) is 25.0 Å². The zero-order valence-electron chi connectivity index (χ0n) is 14.0. The van der Waals surface area contributed by atoms with Crippen molar-refractivity contribution in [1.82, 2.24) is 25.0 Å². The Kier molecular flexibility index (Phi) is 3.21. The largest absolute Gasteiger partial charge is 0.462 e. The third kappa shape index (κ3) is 2.39. The fraction of sp³-hybridized carbons (Fsp3) is 0.0500. The fourth-order valence-electron chi connectivity index (χ4n) is 3.10. The summed E-state index contributed by atoms with van der Waals surface area (Å²) in [6.45, 7) is 0. The van der Waals surface area contributed by atoms with Gasteiger partial charge in [0.25, 0.3) is 0 Å². The first-order valence-electron chi connectivity index (χ1n) is 8.25. The van der Waals surface area contributed by atoms with Crippen LogP contribution in [0.3, 0.4) is 0 Å². The molecule has 26 heavy (non-hydrogen) atoms. The number of aromatic nitrogens is 5. The van der Waals surface area contributed by atoms with Crippen molar-refractivity contribution in [2.75, 3.05) is 0 Å². The number of pyridine rings is 1. The number of aryl methyl sites for hydroxylation is 1. The molecule has 0 saturated heterocycles. The molecule has 0 fully saturated rings. The summed E-state index contributed by atoms with van der Waals surface area (Å²) in [4.78, 5) is 4.82. The van der Waals surface area contributed by atoms with Crippen molar-refractivity contribution in [3.63, 3.8) is 0 Å². The lowest BCUT2D eigenvalue weighted by molar-refractivity contribution is 0.616. The van der Waals surface area contributed by atoms with Crippen molar-refractivity contribution in [3.8, 4) is 33.6 Å². The first-order chi connectivity index (χ1) is 12.8. The maximum absolute atomic E-state index is 5.73. The molecule has 4 aromatic heterocycles. The smallest absolute Gasteiger partial charge is 0.153 e. The molecule has 0 radical (unpaired) electrons. The van der Waals surface area contributed by atoms with Gasteiger partial charge in [-0.15, -0.1) is 0 Å². The maximum atomic E-state index is 5.73. The number of rotatable bonds is 3. The van der Waals surface area contributed by atoms with Crippen molar-refractivity contribution in [2.45, 2.75) is 0 Å². The molecule has 126 valence electrons. The Balaban J connectivity index is 1.64. The van der Waals surface area contributed by atoms with Gasteiger partial charge in [-0.05, 0) is 29.8 Å². The number of aromatic amines is 1. The van der Waals surface area contributed by atoms with Gasteiger partial charge in [0.1, 0.15) is 11.8 Å². The van der Waals surface area contributed by atoms with Crippen LogP contribution < -0.4 is 0 Å². The van der Waals surface area contributed by atoms with Crippen LogP contribution in [0, 0.1) is 0 Å². The molecule has 0 aliphatic carbocycles. The molecule has 1 N–H and O–H groups in total. The normalized spacial score (nSPS) is 11.3. The van der Waals surface area contributed by atoms with E-state index in [0.717, 1.165) is 44.7 Å². The lowest BCUT2D eigenvalue weighted by Crippen LogP contribution is -1.86. The van der Waals surface area contributed by atoms with Crippen LogP contribution in [0.4, 0.5) is 0 Å². The SMILES string of the molecule is Cn1cc(-c2ccc3occ(-c4cccc(-c5ccn[nH]5)c4)c3n2)cn1. The molecule has 4 heterocycles. The monoisotopic (exact) mass is 341 g/mol. The van der Waals surface area contributed by atoms with Gasteiger partial charge < -0.3 is 4.42 Å². The Morgan fingerprint density at radius 2 is 1.96 bits per heavy atom. The van der Waals surface area contributed by atoms with Gasteiger partial charge in [0, 0.05) is 36.1 Å². The van der Waals surface area contributed by atoms with E-state index < -0.39 is 0 Å². The highest BCUT2D eigenvalue weighted by Gasteiger charge is 2.13. The second-order valence-electron chi connectivity index (χ2n) is 6.15. The number of furan rings is 1. The molecule has 0 bridgehead atoms. The molecule has 0 amide bonds. The molecule has 0 saturated carbocycles. The summed E-state index contributed by atoms with van der Waals surface area (Å²) in [5.74, 6) is 0. The fourth-order valence-corrected chi connectivity index (χ4v) is 3.10. The standard InChI is InChI=1S/C20H15N5O/c1-25-11-15(10-22-25)17-5-6-19-20(23-17)16(12-26-19)13-3-2-4-14(9-13)18-7-8-21-24-18/h2-12H,1H3,(H,21,24). The Bertz CT molecular complexity index is 1200. The third-order valence-electron chi connectivity index (χ3n) is 4.40. The van der Waals surface area contributed by atoms with E-state index in [2.05, 4.69) is 27.4 Å². The molecule has 1 aromatic carbocycles. The average molecular weight is 341 g/mol. The number of nitrogens with zero attached hydrogens (tertiary/aromatic N) is 4. The Labute approximate surface area is 149 Å². The van der Waals surface area contributed by atoms with Crippen LogP contribution in [0.5, 0.6) is 0 Å². The van der Waals surface area contributed by atoms with Crippen LogP contribution >= 0.6 is 0 Å². The van der Waals surface area contributed by atoms with Crippen molar-refractivity contribution < 1.29 is 4.42 Å². The molecular weight excluding hydrogens is 326 g/mol. The lowest BCUT2D eigenvalue weighted by Gasteiger charge is -2.03. The van der Waals surface area contributed by atoms with Crippen molar-refractivity contribution in [1.29, 1.82) is 0 Å². The molecule has 6 nitrogen and oxygen atoms in total. The van der Waals surface area contributed by atoms with Gasteiger partial charge in [0.2, 0.25) is 0 Å². The molecule has 5 aromatic rings. The lowest BCUT2D eigenvalue weighted by atomic mass is 10.0. The van der Waals surface area contributed by atoms with Crippen molar-refractivity contribution in [3.05, 3.63) is 67.3 Å². The summed E-state index contributed by atoms with van der Waals surface area (Å²) < 4.78 is 7.50. The summed E-state index contributed by atoms with van der Waals surface area (Å²) in [5, 5.41) is 11.2. The van der Waals surface area contributed by atoms with Gasteiger partial charge in [0.15, 0.2) is 5.58 Å². The van der Waals surface area contributed by atoms with Gasteiger partial charge in [-0.25, -0.2) is 4.98 Å². The molecule has 0 spiro atoms. The number of hydrogen-bond donors (Lipinski definition) is 1. The van der Waals surface area contributed by atoms with E-state index in [1.165, 1.54) is 0 Å². The van der Waals surface area contributed by atoms with Gasteiger partial charge in [-0.2, -0.15) is 10.2 Å². The van der Waals surface area contributed by atoms with Crippen LogP contribution in [0.25, 0.3) is 44.7 Å². The summed E-state index contributed by atoms with van der Waals surface area (Å²) >= 11 is 0. The predicted molar refractivity (Wildman–Crippen MR) is 99.2 cm³/mol. The van der Waals surface area contributed by atoms with Gasteiger partial charge in [0.05, 0.1) is 17.6 Å². The topological polar surface area (TPSA) is 72.5 Å². The van der Waals surface area contributed by atoms with Crippen molar-refractivity contribution in [2.24, 2.45) is 7.05 Å². The van der Waals surface area contributed by atoms with Crippen molar-refractivity contribution >= 4 is 11.1 Å². The third-order valence-corrected chi connectivity index (χ3v) is 4.40. The minimum atomic E-state index is 0.764. The highest BCUT2D eigenvalue weighted by molar-refractivity contribution is 5.92. The maximum Gasteiger partial charge on any atom is 0.153 e. The highest BCUT2D eigenvalue weighted by atomic mass is 16.3. The average Bonchev–Trinajstić information content (AvgIpc) is 3.42. The molecular formula is C20H15N5O. The number of benzene rings is 1. The summed E-state index contributed by atoms with van der Waals surface area (Å²) in [7, 11) is 1.90. The number of hydrogen-bond acceptors (Lipinski definition) is 4. The zero-order chi connectivity index (χ0) is 17.5. The van der Waals surface area contributed by atoms with E-state index in [1.54, 1.807) is 17.1 Å². The molecule has 0 unspecified atom stereocenters. The van der Waals surface area contributed by atoms with E-state index in [0.29, 0.717) is 0 Å². The van der Waals surface area contributed by atoms with Gasteiger partial charge >= 0.3 is 0 Å². The molecule has 0 aliphatic heterocycles. The van der Waals surface area contributed by atoms with Crippen LogP contribution in [0.1, 0.15) is 0 Å². The highest BCUT2D eigenvalue weighted by Crippen LogP contribution is 2.33. The summed E-state index contributed by atoms with van der Waals surface area (Å²) in [6, 6.07) is 14.1. The Hall–Kier alpha value is -3.67. The van der Waals surface area contributed by atoms with Crippen LogP contribution in [0.2, 0.25) is 0 Å². The molecule has 0 atom stereocenters. The predicted octanol–water partition coefficient (Wildman–Crippen LogP) is 4.29. The Morgan fingerprint density at radius 3 is 2.77 bits per heavy atom. The first kappa shape index (κ1) is 14.7. The quantitative estimate of drug-likeness (QED) is 0.531. The summed E-state index contributed by atoms with van der Waals surface area (Å²) in [5.41, 5.74) is 7.51. The number of nitrogens with one attached hydrogen (secondary N) is 1. The van der Waals surface area contributed by atoms with Crippen LogP contribution in [0.15, 0.2) is 71.7 Å². The Morgan fingerprint density at radius 1 is 1.04 bits per heavy atom. The van der Waals surface area contributed by atoms with Gasteiger partial charge in [-0.3, -0.25) is 9.78 Å². The van der Waals surface area contributed by atoms with E-state index in [9.17, 15) is 0 Å². The molecule has 6 heteroatoms.